The fraction of sp³-hybridized carbons (Fsp3) is 0.381. The molecule has 136 valence electrons. The Morgan fingerprint density at radius 1 is 1.15 bits per heavy atom. The van der Waals surface area contributed by atoms with Crippen LogP contribution < -0.4 is 0 Å². The van der Waals surface area contributed by atoms with Crippen molar-refractivity contribution in [2.45, 2.75) is 13.0 Å². The molecule has 2 aliphatic rings. The third-order valence-electron chi connectivity index (χ3n) is 5.87. The number of nitrogens with zero attached hydrogens (tertiary/aromatic N) is 2. The van der Waals surface area contributed by atoms with Gasteiger partial charge < -0.3 is 10.0 Å². The van der Waals surface area contributed by atoms with Crippen molar-refractivity contribution in [1.82, 2.24) is 9.80 Å². The molecule has 0 radical (unpaired) electrons. The Balaban J connectivity index is 1.59. The number of halogens is 1. The zero-order valence-electron chi connectivity index (χ0n) is 15.0. The molecule has 0 aromatic heterocycles. The SMILES string of the molecule is Cc1ccccc1[C@@H]1[C@@H]2CN(C(=O)c3cc(O)ccc3F)C[C@@H]2CN1C. The summed E-state index contributed by atoms with van der Waals surface area (Å²) in [4.78, 5) is 16.9. The van der Waals surface area contributed by atoms with Crippen molar-refractivity contribution >= 4 is 5.91 Å². The molecule has 0 saturated carbocycles. The lowest BCUT2D eigenvalue weighted by atomic mass is 9.88. The standard InChI is InChI=1S/C21H23FN2O2/c1-13-5-3-4-6-16(13)20-18-12-24(11-14(18)10-23(20)2)21(26)17-9-15(25)7-8-19(17)22/h3-9,14,18,20,25H,10-12H2,1-2H3/t14-,18+,20+/m0/s1. The van der Waals surface area contributed by atoms with Crippen molar-refractivity contribution in [3.05, 3.63) is 65.0 Å². The van der Waals surface area contributed by atoms with Gasteiger partial charge in [0.1, 0.15) is 11.6 Å². The van der Waals surface area contributed by atoms with Crippen molar-refractivity contribution in [1.29, 1.82) is 0 Å². The van der Waals surface area contributed by atoms with Gasteiger partial charge >= 0.3 is 0 Å². The average molecular weight is 354 g/mol. The van der Waals surface area contributed by atoms with Crippen LogP contribution in [0.25, 0.3) is 0 Å². The second-order valence-electron chi connectivity index (χ2n) is 7.54. The van der Waals surface area contributed by atoms with E-state index in [9.17, 15) is 14.3 Å². The maximum absolute atomic E-state index is 14.1. The van der Waals surface area contributed by atoms with Crippen LogP contribution in [-0.2, 0) is 0 Å². The summed E-state index contributed by atoms with van der Waals surface area (Å²) in [5, 5.41) is 9.60. The number of rotatable bonds is 2. The number of phenolic OH excluding ortho intramolecular Hbond substituents is 1. The van der Waals surface area contributed by atoms with Crippen LogP contribution in [0.1, 0.15) is 27.5 Å². The summed E-state index contributed by atoms with van der Waals surface area (Å²) in [6.45, 7) is 4.29. The molecule has 26 heavy (non-hydrogen) atoms. The molecule has 2 saturated heterocycles. The molecule has 1 N–H and O–H groups in total. The highest BCUT2D eigenvalue weighted by Gasteiger charge is 2.47. The van der Waals surface area contributed by atoms with Crippen molar-refractivity contribution in [2.75, 3.05) is 26.7 Å². The van der Waals surface area contributed by atoms with E-state index >= 15 is 0 Å². The molecule has 2 aliphatic heterocycles. The van der Waals surface area contributed by atoms with Gasteiger partial charge in [-0.25, -0.2) is 4.39 Å². The van der Waals surface area contributed by atoms with E-state index in [1.165, 1.54) is 23.3 Å². The lowest BCUT2D eigenvalue weighted by molar-refractivity contribution is 0.0762. The van der Waals surface area contributed by atoms with E-state index in [2.05, 4.69) is 37.1 Å². The zero-order valence-corrected chi connectivity index (χ0v) is 15.0. The van der Waals surface area contributed by atoms with Crippen LogP contribution in [0.3, 0.4) is 0 Å². The van der Waals surface area contributed by atoms with E-state index < -0.39 is 5.82 Å². The first-order chi connectivity index (χ1) is 12.5. The van der Waals surface area contributed by atoms with E-state index in [1.807, 2.05) is 6.07 Å². The maximum atomic E-state index is 14.1. The zero-order chi connectivity index (χ0) is 18.4. The van der Waals surface area contributed by atoms with Crippen LogP contribution >= 0.6 is 0 Å². The summed E-state index contributed by atoms with van der Waals surface area (Å²) in [5.41, 5.74) is 2.51. The fourth-order valence-corrected chi connectivity index (χ4v) is 4.66. The highest BCUT2D eigenvalue weighted by atomic mass is 19.1. The van der Waals surface area contributed by atoms with Crippen LogP contribution in [0.5, 0.6) is 5.75 Å². The molecule has 2 fully saturated rings. The summed E-state index contributed by atoms with van der Waals surface area (Å²) >= 11 is 0. The highest BCUT2D eigenvalue weighted by molar-refractivity contribution is 5.95. The molecule has 2 aromatic rings. The quantitative estimate of drug-likeness (QED) is 0.901. The van der Waals surface area contributed by atoms with Crippen molar-refractivity contribution in [2.24, 2.45) is 11.8 Å². The molecule has 0 spiro atoms. The van der Waals surface area contributed by atoms with Gasteiger partial charge in [-0.05, 0) is 49.2 Å². The smallest absolute Gasteiger partial charge is 0.256 e. The van der Waals surface area contributed by atoms with E-state index in [-0.39, 0.29) is 23.3 Å². The Morgan fingerprint density at radius 3 is 2.69 bits per heavy atom. The number of hydrogen-bond donors (Lipinski definition) is 1. The van der Waals surface area contributed by atoms with Gasteiger partial charge in [-0.2, -0.15) is 0 Å². The van der Waals surface area contributed by atoms with E-state index in [0.717, 1.165) is 12.6 Å². The van der Waals surface area contributed by atoms with E-state index in [1.54, 1.807) is 4.90 Å². The third-order valence-corrected chi connectivity index (χ3v) is 5.87. The first-order valence-corrected chi connectivity index (χ1v) is 8.99. The largest absolute Gasteiger partial charge is 0.508 e. The predicted molar refractivity (Wildman–Crippen MR) is 97.5 cm³/mol. The summed E-state index contributed by atoms with van der Waals surface area (Å²) in [6, 6.07) is 12.3. The predicted octanol–water partition coefficient (Wildman–Crippen LogP) is 3.21. The van der Waals surface area contributed by atoms with Crippen LogP contribution in [-0.4, -0.2) is 47.5 Å². The number of hydrogen-bond acceptors (Lipinski definition) is 3. The van der Waals surface area contributed by atoms with Gasteiger partial charge in [0, 0.05) is 31.6 Å². The van der Waals surface area contributed by atoms with Crippen molar-refractivity contribution in [3.8, 4) is 5.75 Å². The van der Waals surface area contributed by atoms with E-state index in [4.69, 9.17) is 0 Å². The molecular formula is C21H23FN2O2. The molecular weight excluding hydrogens is 331 g/mol. The average Bonchev–Trinajstić information content (AvgIpc) is 3.14. The van der Waals surface area contributed by atoms with Crippen LogP contribution in [0.2, 0.25) is 0 Å². The Hall–Kier alpha value is -2.40. The minimum atomic E-state index is -0.586. The molecule has 0 unspecified atom stereocenters. The minimum absolute atomic E-state index is 0.0502. The number of likely N-dealkylation sites (tertiary alicyclic amines) is 2. The highest BCUT2D eigenvalue weighted by Crippen LogP contribution is 2.45. The van der Waals surface area contributed by atoms with Crippen LogP contribution in [0, 0.1) is 24.6 Å². The number of carbonyl (C=O) groups is 1. The van der Waals surface area contributed by atoms with Gasteiger partial charge in [0.05, 0.1) is 5.56 Å². The third kappa shape index (κ3) is 2.76. The Labute approximate surface area is 152 Å². The number of carbonyl (C=O) groups excluding carboxylic acids is 1. The normalized spacial score (nSPS) is 25.5. The molecule has 5 heteroatoms. The molecule has 1 amide bonds. The van der Waals surface area contributed by atoms with E-state index in [0.29, 0.717) is 24.9 Å². The summed E-state index contributed by atoms with van der Waals surface area (Å²) in [6.07, 6.45) is 0. The van der Waals surface area contributed by atoms with Gasteiger partial charge in [-0.3, -0.25) is 9.69 Å². The molecule has 3 atom stereocenters. The topological polar surface area (TPSA) is 43.8 Å². The number of aromatic hydroxyl groups is 1. The molecule has 0 bridgehead atoms. The Kier molecular flexibility index (Phi) is 4.19. The Bertz CT molecular complexity index is 854. The van der Waals surface area contributed by atoms with Crippen LogP contribution in [0.4, 0.5) is 4.39 Å². The molecule has 4 nitrogen and oxygen atoms in total. The lowest BCUT2D eigenvalue weighted by Crippen LogP contribution is -2.34. The molecule has 2 aromatic carbocycles. The summed E-state index contributed by atoms with van der Waals surface area (Å²) < 4.78 is 14.1. The van der Waals surface area contributed by atoms with Gasteiger partial charge in [-0.15, -0.1) is 0 Å². The van der Waals surface area contributed by atoms with Crippen LogP contribution in [0.15, 0.2) is 42.5 Å². The fourth-order valence-electron chi connectivity index (χ4n) is 4.66. The molecule has 2 heterocycles. The lowest BCUT2D eigenvalue weighted by Gasteiger charge is -2.28. The molecule has 0 aliphatic carbocycles. The number of aryl methyl sites for hydroxylation is 1. The van der Waals surface area contributed by atoms with Gasteiger partial charge in [0.25, 0.3) is 5.91 Å². The number of benzene rings is 2. The minimum Gasteiger partial charge on any atom is -0.508 e. The number of amides is 1. The summed E-state index contributed by atoms with van der Waals surface area (Å²) in [7, 11) is 2.14. The van der Waals surface area contributed by atoms with Crippen molar-refractivity contribution in [3.63, 3.8) is 0 Å². The second-order valence-corrected chi connectivity index (χ2v) is 7.54. The first kappa shape index (κ1) is 17.0. The van der Waals surface area contributed by atoms with Gasteiger partial charge in [0.15, 0.2) is 0 Å². The number of fused-ring (bicyclic) bond motifs is 1. The maximum Gasteiger partial charge on any atom is 0.256 e. The first-order valence-electron chi connectivity index (χ1n) is 8.99. The summed E-state index contributed by atoms with van der Waals surface area (Å²) in [5.74, 6) is -0.289. The second kappa shape index (κ2) is 6.40. The molecule has 4 rings (SSSR count). The van der Waals surface area contributed by atoms with Gasteiger partial charge in [0.2, 0.25) is 0 Å². The van der Waals surface area contributed by atoms with Gasteiger partial charge in [-0.1, -0.05) is 24.3 Å². The van der Waals surface area contributed by atoms with Crippen molar-refractivity contribution < 1.29 is 14.3 Å². The number of phenols is 1. The Morgan fingerprint density at radius 2 is 1.92 bits per heavy atom. The monoisotopic (exact) mass is 354 g/mol.